The number of nitrogens with zero attached hydrogens (tertiary/aromatic N) is 1. The van der Waals surface area contributed by atoms with Crippen LogP contribution in [0.4, 0.5) is 11.4 Å². The Morgan fingerprint density at radius 2 is 1.55 bits per heavy atom. The van der Waals surface area contributed by atoms with Crippen LogP contribution >= 0.6 is 0 Å². The summed E-state index contributed by atoms with van der Waals surface area (Å²) < 4.78 is 0. The van der Waals surface area contributed by atoms with E-state index in [0.29, 0.717) is 22.5 Å². The molecule has 29 heavy (non-hydrogen) atoms. The molecule has 4 rings (SSSR count). The Labute approximate surface area is 168 Å². The van der Waals surface area contributed by atoms with Crippen LogP contribution in [0, 0.1) is 6.92 Å². The summed E-state index contributed by atoms with van der Waals surface area (Å²) in [6.07, 6.45) is 3.18. The van der Waals surface area contributed by atoms with Crippen molar-refractivity contribution in [3.8, 4) is 0 Å². The van der Waals surface area contributed by atoms with Crippen LogP contribution in [0.5, 0.6) is 0 Å². The standard InChI is InChI=1S/C24H18N2O3/c1-16-6-4-7-17(14-16)12-13-22(27)25-18-8-5-9-19(15-18)26-23(28)20-10-2-3-11-21(20)24(26)29/h2-15H,1H3,(H,25,27)/b13-12+. The van der Waals surface area contributed by atoms with Crippen molar-refractivity contribution in [3.05, 3.63) is 101 Å². The Bertz CT molecular complexity index is 1130. The fourth-order valence-corrected chi connectivity index (χ4v) is 3.28. The molecule has 0 radical (unpaired) electrons. The van der Waals surface area contributed by atoms with Crippen molar-refractivity contribution >= 4 is 35.2 Å². The van der Waals surface area contributed by atoms with Crippen molar-refractivity contribution in [1.29, 1.82) is 0 Å². The number of imide groups is 1. The first-order valence-electron chi connectivity index (χ1n) is 9.16. The predicted octanol–water partition coefficient (Wildman–Crippen LogP) is 4.45. The predicted molar refractivity (Wildman–Crippen MR) is 113 cm³/mol. The van der Waals surface area contributed by atoms with Crippen molar-refractivity contribution in [2.75, 3.05) is 10.2 Å². The average molecular weight is 382 g/mol. The van der Waals surface area contributed by atoms with Crippen LogP contribution in [-0.2, 0) is 4.79 Å². The first kappa shape index (κ1) is 18.4. The molecule has 3 aromatic carbocycles. The molecule has 3 amide bonds. The van der Waals surface area contributed by atoms with E-state index >= 15 is 0 Å². The van der Waals surface area contributed by atoms with Gasteiger partial charge < -0.3 is 5.32 Å². The number of benzene rings is 3. The SMILES string of the molecule is Cc1cccc(/C=C/C(=O)Nc2cccc(N3C(=O)c4ccccc4C3=O)c2)c1. The molecule has 1 aliphatic heterocycles. The van der Waals surface area contributed by atoms with Gasteiger partial charge in [0.25, 0.3) is 11.8 Å². The molecule has 0 aliphatic carbocycles. The second-order valence-electron chi connectivity index (χ2n) is 6.78. The van der Waals surface area contributed by atoms with Crippen molar-refractivity contribution in [2.45, 2.75) is 6.92 Å². The monoisotopic (exact) mass is 382 g/mol. The minimum absolute atomic E-state index is 0.300. The Balaban J connectivity index is 1.52. The minimum atomic E-state index is -0.367. The largest absolute Gasteiger partial charge is 0.322 e. The first-order valence-corrected chi connectivity index (χ1v) is 9.16. The van der Waals surface area contributed by atoms with Crippen LogP contribution in [0.2, 0.25) is 0 Å². The summed E-state index contributed by atoms with van der Waals surface area (Å²) in [5, 5.41) is 2.77. The third-order valence-corrected chi connectivity index (χ3v) is 4.64. The second kappa shape index (κ2) is 7.56. The number of carbonyl (C=O) groups excluding carboxylic acids is 3. The number of fused-ring (bicyclic) bond motifs is 1. The molecule has 5 nitrogen and oxygen atoms in total. The van der Waals surface area contributed by atoms with Gasteiger partial charge in [0.05, 0.1) is 16.8 Å². The molecule has 3 aromatic rings. The zero-order valence-electron chi connectivity index (χ0n) is 15.8. The number of amides is 3. The summed E-state index contributed by atoms with van der Waals surface area (Å²) in [4.78, 5) is 38.7. The number of anilines is 2. The maximum absolute atomic E-state index is 12.6. The maximum Gasteiger partial charge on any atom is 0.266 e. The lowest BCUT2D eigenvalue weighted by Crippen LogP contribution is -2.29. The average Bonchev–Trinajstić information content (AvgIpc) is 2.97. The van der Waals surface area contributed by atoms with Gasteiger partial charge in [0.2, 0.25) is 5.91 Å². The molecule has 0 aromatic heterocycles. The summed E-state index contributed by atoms with van der Waals surface area (Å²) in [7, 11) is 0. The molecule has 142 valence electrons. The van der Waals surface area contributed by atoms with E-state index in [1.165, 1.54) is 6.08 Å². The summed E-state index contributed by atoms with van der Waals surface area (Å²) in [5.41, 5.74) is 3.72. The highest BCUT2D eigenvalue weighted by molar-refractivity contribution is 6.34. The molecule has 0 unspecified atom stereocenters. The number of carbonyl (C=O) groups is 3. The smallest absolute Gasteiger partial charge is 0.266 e. The number of hydrogen-bond donors (Lipinski definition) is 1. The molecule has 0 atom stereocenters. The molecule has 5 heteroatoms. The highest BCUT2D eigenvalue weighted by Crippen LogP contribution is 2.29. The van der Waals surface area contributed by atoms with Gasteiger partial charge >= 0.3 is 0 Å². The zero-order valence-corrected chi connectivity index (χ0v) is 15.8. The third-order valence-electron chi connectivity index (χ3n) is 4.64. The van der Waals surface area contributed by atoms with E-state index < -0.39 is 0 Å². The van der Waals surface area contributed by atoms with Gasteiger partial charge in [-0.15, -0.1) is 0 Å². The van der Waals surface area contributed by atoms with E-state index in [4.69, 9.17) is 0 Å². The van der Waals surface area contributed by atoms with Crippen LogP contribution in [0.1, 0.15) is 31.8 Å². The van der Waals surface area contributed by atoms with Gasteiger partial charge in [-0.3, -0.25) is 14.4 Å². The Kier molecular flexibility index (Phi) is 4.79. The van der Waals surface area contributed by atoms with Crippen LogP contribution in [0.15, 0.2) is 78.9 Å². The quantitative estimate of drug-likeness (QED) is 0.536. The number of nitrogens with one attached hydrogen (secondary N) is 1. The molecule has 0 saturated carbocycles. The lowest BCUT2D eigenvalue weighted by Gasteiger charge is -2.15. The normalized spacial score (nSPS) is 13.1. The first-order chi connectivity index (χ1) is 14.0. The number of rotatable bonds is 4. The molecule has 0 bridgehead atoms. The van der Waals surface area contributed by atoms with Crippen LogP contribution < -0.4 is 10.2 Å². The fourth-order valence-electron chi connectivity index (χ4n) is 3.28. The number of hydrogen-bond acceptors (Lipinski definition) is 3. The van der Waals surface area contributed by atoms with Gasteiger partial charge in [0, 0.05) is 11.8 Å². The van der Waals surface area contributed by atoms with Crippen LogP contribution in [0.3, 0.4) is 0 Å². The van der Waals surface area contributed by atoms with Crippen molar-refractivity contribution in [3.63, 3.8) is 0 Å². The lowest BCUT2D eigenvalue weighted by atomic mass is 10.1. The summed E-state index contributed by atoms with van der Waals surface area (Å²) in [6.45, 7) is 1.99. The summed E-state index contributed by atoms with van der Waals surface area (Å²) >= 11 is 0. The van der Waals surface area contributed by atoms with Gasteiger partial charge in [-0.25, -0.2) is 4.90 Å². The Morgan fingerprint density at radius 3 is 2.24 bits per heavy atom. The molecule has 0 spiro atoms. The minimum Gasteiger partial charge on any atom is -0.322 e. The molecule has 0 saturated heterocycles. The maximum atomic E-state index is 12.6. The van der Waals surface area contributed by atoms with Crippen LogP contribution in [-0.4, -0.2) is 17.7 Å². The van der Waals surface area contributed by atoms with E-state index in [9.17, 15) is 14.4 Å². The highest BCUT2D eigenvalue weighted by Gasteiger charge is 2.36. The Morgan fingerprint density at radius 1 is 0.862 bits per heavy atom. The van der Waals surface area contributed by atoms with E-state index in [-0.39, 0.29) is 17.7 Å². The summed E-state index contributed by atoms with van der Waals surface area (Å²) in [5.74, 6) is -1.03. The second-order valence-corrected chi connectivity index (χ2v) is 6.78. The van der Waals surface area contributed by atoms with Gasteiger partial charge in [0.15, 0.2) is 0 Å². The molecular formula is C24H18N2O3. The van der Waals surface area contributed by atoms with E-state index in [1.54, 1.807) is 54.6 Å². The lowest BCUT2D eigenvalue weighted by molar-refractivity contribution is -0.111. The molecule has 1 N–H and O–H groups in total. The summed E-state index contributed by atoms with van der Waals surface area (Å²) in [6, 6.07) is 21.2. The fraction of sp³-hybridized carbons (Fsp3) is 0.0417. The van der Waals surface area contributed by atoms with Crippen molar-refractivity contribution < 1.29 is 14.4 Å². The molecule has 0 fully saturated rings. The van der Waals surface area contributed by atoms with Crippen molar-refractivity contribution in [2.24, 2.45) is 0 Å². The van der Waals surface area contributed by atoms with Gasteiger partial charge in [-0.2, -0.15) is 0 Å². The molecule has 1 aliphatic rings. The van der Waals surface area contributed by atoms with Crippen molar-refractivity contribution in [1.82, 2.24) is 0 Å². The molecular weight excluding hydrogens is 364 g/mol. The van der Waals surface area contributed by atoms with E-state index in [1.807, 2.05) is 31.2 Å². The Hall–Kier alpha value is -3.99. The van der Waals surface area contributed by atoms with Gasteiger partial charge in [-0.1, -0.05) is 48.0 Å². The highest BCUT2D eigenvalue weighted by atomic mass is 16.2. The van der Waals surface area contributed by atoms with Gasteiger partial charge in [-0.05, 0) is 48.9 Å². The topological polar surface area (TPSA) is 66.5 Å². The van der Waals surface area contributed by atoms with E-state index in [0.717, 1.165) is 16.0 Å². The van der Waals surface area contributed by atoms with Crippen LogP contribution in [0.25, 0.3) is 6.08 Å². The van der Waals surface area contributed by atoms with E-state index in [2.05, 4.69) is 5.32 Å². The number of aryl methyl sites for hydroxylation is 1. The third kappa shape index (κ3) is 3.71. The molecule has 1 heterocycles. The zero-order chi connectivity index (χ0) is 20.4. The van der Waals surface area contributed by atoms with Gasteiger partial charge in [0.1, 0.15) is 0 Å².